The molecule has 0 fully saturated rings. The largest absolute Gasteiger partial charge is 0.367 e. The van der Waals surface area contributed by atoms with E-state index in [4.69, 9.17) is 0 Å². The second-order valence-electron chi connectivity index (χ2n) is 4.31. The van der Waals surface area contributed by atoms with Crippen molar-refractivity contribution >= 4 is 16.9 Å². The lowest BCUT2D eigenvalue weighted by Crippen LogP contribution is -2.26. The van der Waals surface area contributed by atoms with Crippen molar-refractivity contribution in [1.29, 1.82) is 0 Å². The molecule has 1 N–H and O–H groups in total. The van der Waals surface area contributed by atoms with E-state index in [1.807, 2.05) is 18.7 Å². The summed E-state index contributed by atoms with van der Waals surface area (Å²) in [4.78, 5) is 0. The summed E-state index contributed by atoms with van der Waals surface area (Å²) in [6.07, 6.45) is 1.13. The lowest BCUT2D eigenvalue weighted by molar-refractivity contribution is 0.512. The average molecular weight is 205 g/mol. The fourth-order valence-corrected chi connectivity index (χ4v) is 2.26. The van der Waals surface area contributed by atoms with Crippen LogP contribution in [-0.4, -0.2) is 25.6 Å². The molecule has 80 valence electrons. The van der Waals surface area contributed by atoms with E-state index < -0.39 is 0 Å². The highest BCUT2D eigenvalue weighted by Crippen LogP contribution is 2.29. The minimum absolute atomic E-state index is 0.525. The molecule has 1 aliphatic rings. The monoisotopic (exact) mass is 205 g/mol. The van der Waals surface area contributed by atoms with Crippen LogP contribution in [0.15, 0.2) is 0 Å². The van der Waals surface area contributed by atoms with Gasteiger partial charge in [-0.05, 0) is 20.3 Å². The number of aryl methyl sites for hydroxylation is 3. The van der Waals surface area contributed by atoms with Crippen LogP contribution in [0.2, 0.25) is 0 Å². The molecule has 0 aliphatic carbocycles. The number of hydrogen-bond acceptors (Lipinski definition) is 3. The van der Waals surface area contributed by atoms with Gasteiger partial charge in [-0.15, -0.1) is 0 Å². The van der Waals surface area contributed by atoms with Gasteiger partial charge in [0, 0.05) is 19.6 Å². The normalized spacial score (nSPS) is 20.3. The Bertz CT molecular complexity index is 521. The fourth-order valence-electron chi connectivity index (χ4n) is 2.26. The Kier molecular flexibility index (Phi) is 1.60. The van der Waals surface area contributed by atoms with E-state index in [2.05, 4.69) is 27.1 Å². The number of aromatic nitrogens is 4. The molecule has 5 nitrogen and oxygen atoms in total. The lowest BCUT2D eigenvalue weighted by Gasteiger charge is -2.22. The predicted molar refractivity (Wildman–Crippen MR) is 58.9 cm³/mol. The molecule has 5 heteroatoms. The zero-order valence-electron chi connectivity index (χ0n) is 9.28. The van der Waals surface area contributed by atoms with E-state index in [1.165, 1.54) is 5.39 Å². The zero-order valence-corrected chi connectivity index (χ0v) is 9.28. The molecular formula is C10H15N5. The Morgan fingerprint density at radius 2 is 2.20 bits per heavy atom. The molecule has 1 unspecified atom stereocenters. The maximum Gasteiger partial charge on any atom is 0.182 e. The van der Waals surface area contributed by atoms with Gasteiger partial charge in [0.25, 0.3) is 0 Å². The number of rotatable bonds is 0. The van der Waals surface area contributed by atoms with Gasteiger partial charge in [-0.3, -0.25) is 0 Å². The Balaban J connectivity index is 2.30. The highest BCUT2D eigenvalue weighted by atomic mass is 15.4. The van der Waals surface area contributed by atoms with Crippen molar-refractivity contribution in [2.45, 2.75) is 32.9 Å². The standard InChI is InChI=1S/C10H15N5/c1-6-4-5-15-9(11-6)8-7(2)12-14(3)10(8)13-15/h6,11H,4-5H2,1-3H3. The summed E-state index contributed by atoms with van der Waals surface area (Å²) in [5.74, 6) is 1.13. The maximum atomic E-state index is 4.56. The van der Waals surface area contributed by atoms with Gasteiger partial charge < -0.3 is 5.32 Å². The van der Waals surface area contributed by atoms with Crippen molar-refractivity contribution in [2.24, 2.45) is 7.05 Å². The summed E-state index contributed by atoms with van der Waals surface area (Å²) >= 11 is 0. The summed E-state index contributed by atoms with van der Waals surface area (Å²) in [6, 6.07) is 0.525. The third-order valence-electron chi connectivity index (χ3n) is 3.06. The molecular weight excluding hydrogens is 190 g/mol. The molecule has 15 heavy (non-hydrogen) atoms. The Morgan fingerprint density at radius 3 is 3.00 bits per heavy atom. The first-order valence-electron chi connectivity index (χ1n) is 5.33. The Labute approximate surface area is 88.1 Å². The summed E-state index contributed by atoms with van der Waals surface area (Å²) in [7, 11) is 1.94. The zero-order chi connectivity index (χ0) is 10.6. The van der Waals surface area contributed by atoms with Gasteiger partial charge in [-0.1, -0.05) is 0 Å². The first-order chi connectivity index (χ1) is 7.16. The highest BCUT2D eigenvalue weighted by molar-refractivity contribution is 5.90. The molecule has 0 saturated heterocycles. The smallest absolute Gasteiger partial charge is 0.182 e. The van der Waals surface area contributed by atoms with Crippen molar-refractivity contribution in [3.05, 3.63) is 5.69 Å². The summed E-state index contributed by atoms with van der Waals surface area (Å²) < 4.78 is 3.90. The molecule has 0 amide bonds. The van der Waals surface area contributed by atoms with E-state index in [-0.39, 0.29) is 0 Å². The molecule has 0 saturated carbocycles. The van der Waals surface area contributed by atoms with Crippen LogP contribution in [0.3, 0.4) is 0 Å². The van der Waals surface area contributed by atoms with E-state index in [0.29, 0.717) is 6.04 Å². The van der Waals surface area contributed by atoms with Crippen LogP contribution >= 0.6 is 0 Å². The molecule has 0 radical (unpaired) electrons. The van der Waals surface area contributed by atoms with Gasteiger partial charge in [0.15, 0.2) is 5.65 Å². The molecule has 3 heterocycles. The van der Waals surface area contributed by atoms with Gasteiger partial charge in [-0.2, -0.15) is 10.2 Å². The summed E-state index contributed by atoms with van der Waals surface area (Å²) in [6.45, 7) is 5.23. The first kappa shape index (κ1) is 8.76. The SMILES string of the molecule is Cc1nn(C)c2nn3c(c12)NC(C)CC3. The minimum atomic E-state index is 0.525. The molecule has 2 aromatic heterocycles. The van der Waals surface area contributed by atoms with Crippen molar-refractivity contribution in [1.82, 2.24) is 19.6 Å². The third-order valence-corrected chi connectivity index (χ3v) is 3.06. The van der Waals surface area contributed by atoms with Crippen LogP contribution < -0.4 is 5.32 Å². The average Bonchev–Trinajstić information content (AvgIpc) is 2.67. The molecule has 0 spiro atoms. The fraction of sp³-hybridized carbons (Fsp3) is 0.600. The Hall–Kier alpha value is -1.52. The van der Waals surface area contributed by atoms with E-state index in [1.54, 1.807) is 0 Å². The number of anilines is 1. The predicted octanol–water partition coefficient (Wildman–Crippen LogP) is 1.28. The van der Waals surface area contributed by atoms with Crippen molar-refractivity contribution in [2.75, 3.05) is 5.32 Å². The minimum Gasteiger partial charge on any atom is -0.367 e. The van der Waals surface area contributed by atoms with Gasteiger partial charge >= 0.3 is 0 Å². The number of nitrogens with one attached hydrogen (secondary N) is 1. The van der Waals surface area contributed by atoms with Gasteiger partial charge in [0.2, 0.25) is 0 Å². The van der Waals surface area contributed by atoms with Gasteiger partial charge in [-0.25, -0.2) is 9.36 Å². The molecule has 3 rings (SSSR count). The van der Waals surface area contributed by atoms with E-state index >= 15 is 0 Å². The van der Waals surface area contributed by atoms with E-state index in [9.17, 15) is 0 Å². The molecule has 0 bridgehead atoms. The Morgan fingerprint density at radius 1 is 1.40 bits per heavy atom. The summed E-state index contributed by atoms with van der Waals surface area (Å²) in [5.41, 5.74) is 2.03. The highest BCUT2D eigenvalue weighted by Gasteiger charge is 2.22. The van der Waals surface area contributed by atoms with Crippen molar-refractivity contribution < 1.29 is 0 Å². The van der Waals surface area contributed by atoms with Crippen LogP contribution in [0.5, 0.6) is 0 Å². The van der Waals surface area contributed by atoms with Crippen LogP contribution in [0.4, 0.5) is 5.82 Å². The van der Waals surface area contributed by atoms with Crippen LogP contribution in [0.25, 0.3) is 11.0 Å². The molecule has 2 aromatic rings. The topological polar surface area (TPSA) is 47.7 Å². The second-order valence-corrected chi connectivity index (χ2v) is 4.31. The van der Waals surface area contributed by atoms with E-state index in [0.717, 1.165) is 30.1 Å². The number of nitrogens with zero attached hydrogens (tertiary/aromatic N) is 4. The van der Waals surface area contributed by atoms with Crippen molar-refractivity contribution in [3.8, 4) is 0 Å². The lowest BCUT2D eigenvalue weighted by atomic mass is 10.2. The van der Waals surface area contributed by atoms with Crippen LogP contribution in [-0.2, 0) is 13.6 Å². The number of fused-ring (bicyclic) bond motifs is 3. The number of hydrogen-bond donors (Lipinski definition) is 1. The van der Waals surface area contributed by atoms with Gasteiger partial charge in [0.1, 0.15) is 5.82 Å². The first-order valence-corrected chi connectivity index (χ1v) is 5.33. The summed E-state index contributed by atoms with van der Waals surface area (Å²) in [5, 5.41) is 13.6. The van der Waals surface area contributed by atoms with Crippen LogP contribution in [0.1, 0.15) is 19.0 Å². The third kappa shape index (κ3) is 1.09. The quantitative estimate of drug-likeness (QED) is 0.704. The molecule has 1 aliphatic heterocycles. The van der Waals surface area contributed by atoms with Crippen molar-refractivity contribution in [3.63, 3.8) is 0 Å². The van der Waals surface area contributed by atoms with Gasteiger partial charge in [0.05, 0.1) is 11.1 Å². The van der Waals surface area contributed by atoms with Crippen LogP contribution in [0, 0.1) is 6.92 Å². The molecule has 0 aromatic carbocycles. The maximum absolute atomic E-state index is 4.56. The second kappa shape index (κ2) is 2.74. The molecule has 1 atom stereocenters.